The van der Waals surface area contributed by atoms with Gasteiger partial charge in [0.05, 0.1) is 0 Å². The van der Waals surface area contributed by atoms with Crippen LogP contribution in [0.25, 0.3) is 0 Å². The molecule has 16 heavy (non-hydrogen) atoms. The molecule has 3 heteroatoms. The predicted molar refractivity (Wildman–Crippen MR) is 77.1 cm³/mol. The van der Waals surface area contributed by atoms with Crippen LogP contribution in [0.3, 0.4) is 0 Å². The van der Waals surface area contributed by atoms with Gasteiger partial charge in [0.1, 0.15) is 0 Å². The Balaban J connectivity index is 2.52. The molecule has 0 aliphatic carbocycles. The van der Waals surface area contributed by atoms with Crippen molar-refractivity contribution in [2.45, 2.75) is 38.6 Å². The molecule has 0 aliphatic heterocycles. The van der Waals surface area contributed by atoms with Gasteiger partial charge >= 0.3 is 0 Å². The van der Waals surface area contributed by atoms with Crippen molar-refractivity contribution in [2.75, 3.05) is 6.54 Å². The second-order valence-electron chi connectivity index (χ2n) is 3.89. The molecule has 0 amide bonds. The summed E-state index contributed by atoms with van der Waals surface area (Å²) in [5.74, 6) is 0. The van der Waals surface area contributed by atoms with E-state index in [1.54, 1.807) is 0 Å². The van der Waals surface area contributed by atoms with Crippen LogP contribution in [-0.2, 0) is 0 Å². The monoisotopic (exact) mass is 301 g/mol. The molecule has 1 heterocycles. The van der Waals surface area contributed by atoms with Crippen molar-refractivity contribution < 1.29 is 0 Å². The molecule has 1 aromatic rings. The zero-order valence-corrected chi connectivity index (χ0v) is 12.2. The largest absolute Gasteiger partial charge is 0.309 e. The Morgan fingerprint density at radius 2 is 2.44 bits per heavy atom. The van der Waals surface area contributed by atoms with Gasteiger partial charge < -0.3 is 5.32 Å². The number of unbranched alkanes of at least 4 members (excludes halogenated alkanes) is 1. The van der Waals surface area contributed by atoms with E-state index < -0.39 is 0 Å². The van der Waals surface area contributed by atoms with Crippen LogP contribution in [-0.4, -0.2) is 6.54 Å². The lowest BCUT2D eigenvalue weighted by molar-refractivity contribution is 0.492. The van der Waals surface area contributed by atoms with Gasteiger partial charge in [-0.3, -0.25) is 0 Å². The summed E-state index contributed by atoms with van der Waals surface area (Å²) in [4.78, 5) is 1.43. The van der Waals surface area contributed by atoms with Crippen LogP contribution in [0.5, 0.6) is 0 Å². The maximum absolute atomic E-state index is 3.77. The molecule has 1 N–H and O–H groups in total. The molecule has 0 radical (unpaired) electrons. The molecule has 0 bridgehead atoms. The van der Waals surface area contributed by atoms with Crippen molar-refractivity contribution in [3.8, 4) is 0 Å². The van der Waals surface area contributed by atoms with E-state index in [0.717, 1.165) is 13.0 Å². The van der Waals surface area contributed by atoms with Crippen LogP contribution >= 0.6 is 27.3 Å². The maximum Gasteiger partial charge on any atom is 0.0415 e. The molecule has 1 nitrogen and oxygen atoms in total. The van der Waals surface area contributed by atoms with Gasteiger partial charge in [0, 0.05) is 20.8 Å². The van der Waals surface area contributed by atoms with E-state index in [1.807, 2.05) is 17.4 Å². The fourth-order valence-corrected chi connectivity index (χ4v) is 3.20. The molecular formula is C13H20BrNS. The zero-order valence-electron chi connectivity index (χ0n) is 9.84. The first-order valence-corrected chi connectivity index (χ1v) is 7.53. The standard InChI is InChI=1S/C13H20BrNS/c1-3-5-6-7-12(15-8-4-2)13-9-11(14)10-16-13/h3,9-10,12,15H,1,4-8H2,2H3. The van der Waals surface area contributed by atoms with Gasteiger partial charge in [0.2, 0.25) is 0 Å². The summed E-state index contributed by atoms with van der Waals surface area (Å²) in [7, 11) is 0. The first-order valence-electron chi connectivity index (χ1n) is 5.86. The number of thiophene rings is 1. The first-order chi connectivity index (χ1) is 7.77. The summed E-state index contributed by atoms with van der Waals surface area (Å²) in [6.07, 6.45) is 6.70. The normalized spacial score (nSPS) is 12.6. The summed E-state index contributed by atoms with van der Waals surface area (Å²) in [6.45, 7) is 7.07. The van der Waals surface area contributed by atoms with Crippen LogP contribution in [0.4, 0.5) is 0 Å². The summed E-state index contributed by atoms with van der Waals surface area (Å²) in [6, 6.07) is 2.74. The number of hydrogen-bond donors (Lipinski definition) is 1. The number of allylic oxidation sites excluding steroid dienone is 1. The Morgan fingerprint density at radius 3 is 3.00 bits per heavy atom. The van der Waals surface area contributed by atoms with E-state index >= 15 is 0 Å². The Kier molecular flexibility index (Phi) is 7.01. The fourth-order valence-electron chi connectivity index (χ4n) is 1.64. The Bertz CT molecular complexity index is 309. The minimum Gasteiger partial charge on any atom is -0.309 e. The molecule has 1 atom stereocenters. The van der Waals surface area contributed by atoms with Crippen molar-refractivity contribution in [1.82, 2.24) is 5.32 Å². The van der Waals surface area contributed by atoms with Gasteiger partial charge in [-0.2, -0.15) is 0 Å². The van der Waals surface area contributed by atoms with E-state index in [0.29, 0.717) is 6.04 Å². The van der Waals surface area contributed by atoms with E-state index in [-0.39, 0.29) is 0 Å². The molecule has 0 aromatic carbocycles. The van der Waals surface area contributed by atoms with E-state index in [2.05, 4.69) is 46.2 Å². The number of hydrogen-bond acceptors (Lipinski definition) is 2. The van der Waals surface area contributed by atoms with Crippen molar-refractivity contribution in [2.24, 2.45) is 0 Å². The van der Waals surface area contributed by atoms with Gasteiger partial charge in [0.25, 0.3) is 0 Å². The summed E-state index contributed by atoms with van der Waals surface area (Å²) < 4.78 is 1.19. The molecule has 90 valence electrons. The molecule has 1 aromatic heterocycles. The quantitative estimate of drug-likeness (QED) is 0.531. The SMILES string of the molecule is C=CCCCC(NCCC)c1cc(Br)cs1. The molecule has 0 saturated carbocycles. The topological polar surface area (TPSA) is 12.0 Å². The second-order valence-corrected chi connectivity index (χ2v) is 5.75. The van der Waals surface area contributed by atoms with Gasteiger partial charge in [-0.05, 0) is 54.2 Å². The lowest BCUT2D eigenvalue weighted by Gasteiger charge is -2.16. The summed E-state index contributed by atoms with van der Waals surface area (Å²) >= 11 is 5.35. The van der Waals surface area contributed by atoms with Crippen molar-refractivity contribution >= 4 is 27.3 Å². The van der Waals surface area contributed by atoms with E-state index in [9.17, 15) is 0 Å². The average Bonchev–Trinajstić information content (AvgIpc) is 2.70. The van der Waals surface area contributed by atoms with E-state index in [4.69, 9.17) is 0 Å². The fraction of sp³-hybridized carbons (Fsp3) is 0.538. The highest BCUT2D eigenvalue weighted by atomic mass is 79.9. The lowest BCUT2D eigenvalue weighted by atomic mass is 10.1. The zero-order chi connectivity index (χ0) is 11.8. The second kappa shape index (κ2) is 8.04. The highest BCUT2D eigenvalue weighted by Crippen LogP contribution is 2.28. The average molecular weight is 302 g/mol. The van der Waals surface area contributed by atoms with Crippen LogP contribution < -0.4 is 5.32 Å². The third-order valence-corrected chi connectivity index (χ3v) is 4.28. The van der Waals surface area contributed by atoms with Crippen LogP contribution in [0.15, 0.2) is 28.6 Å². The third-order valence-electron chi connectivity index (χ3n) is 2.47. The molecule has 0 spiro atoms. The van der Waals surface area contributed by atoms with Gasteiger partial charge in [-0.25, -0.2) is 0 Å². The van der Waals surface area contributed by atoms with Crippen molar-refractivity contribution in [1.29, 1.82) is 0 Å². The number of rotatable bonds is 8. The van der Waals surface area contributed by atoms with Gasteiger partial charge in [-0.1, -0.05) is 13.0 Å². The minimum absolute atomic E-state index is 0.510. The predicted octanol–water partition coefficient (Wildman–Crippen LogP) is 4.91. The van der Waals surface area contributed by atoms with E-state index in [1.165, 1.54) is 28.6 Å². The number of halogens is 1. The van der Waals surface area contributed by atoms with Gasteiger partial charge in [0.15, 0.2) is 0 Å². The highest BCUT2D eigenvalue weighted by Gasteiger charge is 2.11. The summed E-state index contributed by atoms with van der Waals surface area (Å²) in [5.41, 5.74) is 0. The summed E-state index contributed by atoms with van der Waals surface area (Å²) in [5, 5.41) is 5.77. The minimum atomic E-state index is 0.510. The third kappa shape index (κ3) is 4.81. The Labute approximate surface area is 111 Å². The Morgan fingerprint density at radius 1 is 1.62 bits per heavy atom. The molecular weight excluding hydrogens is 282 g/mol. The highest BCUT2D eigenvalue weighted by molar-refractivity contribution is 9.10. The molecule has 0 saturated heterocycles. The molecule has 0 aliphatic rings. The van der Waals surface area contributed by atoms with Crippen LogP contribution in [0.1, 0.15) is 43.5 Å². The Hall–Kier alpha value is -0.120. The molecule has 1 unspecified atom stereocenters. The van der Waals surface area contributed by atoms with Crippen molar-refractivity contribution in [3.05, 3.63) is 33.5 Å². The van der Waals surface area contributed by atoms with Crippen LogP contribution in [0.2, 0.25) is 0 Å². The van der Waals surface area contributed by atoms with Crippen molar-refractivity contribution in [3.63, 3.8) is 0 Å². The number of nitrogens with one attached hydrogen (secondary N) is 1. The lowest BCUT2D eigenvalue weighted by Crippen LogP contribution is -2.21. The molecule has 0 fully saturated rings. The van der Waals surface area contributed by atoms with Gasteiger partial charge in [-0.15, -0.1) is 17.9 Å². The molecule has 1 rings (SSSR count). The first kappa shape index (κ1) is 13.9. The van der Waals surface area contributed by atoms with Crippen LogP contribution in [0, 0.1) is 0 Å². The maximum atomic E-state index is 3.77. The smallest absolute Gasteiger partial charge is 0.0415 e.